The number of hydrogen-bond donors (Lipinski definition) is 1. The van der Waals surface area contributed by atoms with E-state index >= 15 is 0 Å². The van der Waals surface area contributed by atoms with Crippen molar-refractivity contribution in [2.75, 3.05) is 0 Å². The third kappa shape index (κ3) is 6.34. The Morgan fingerprint density at radius 3 is 2.06 bits per heavy atom. The van der Waals surface area contributed by atoms with Crippen molar-refractivity contribution in [3.8, 4) is 33.4 Å². The predicted molar refractivity (Wildman–Crippen MR) is 216 cm³/mol. The summed E-state index contributed by atoms with van der Waals surface area (Å²) >= 11 is 0. The van der Waals surface area contributed by atoms with Crippen LogP contribution in [0.1, 0.15) is 23.1 Å². The van der Waals surface area contributed by atoms with Gasteiger partial charge < -0.3 is 9.83 Å². The second-order valence-corrected chi connectivity index (χ2v) is 12.6. The zero-order valence-corrected chi connectivity index (χ0v) is 28.2. The first-order valence-electron chi connectivity index (χ1n) is 17.2. The highest BCUT2D eigenvalue weighted by atomic mass is 16.3. The molecule has 0 radical (unpaired) electrons. The zero-order chi connectivity index (χ0) is 34.6. The van der Waals surface area contributed by atoms with E-state index in [1.807, 2.05) is 24.3 Å². The first-order valence-corrected chi connectivity index (χ1v) is 17.2. The van der Waals surface area contributed by atoms with Crippen molar-refractivity contribution < 1.29 is 4.42 Å². The molecule has 0 unspecified atom stereocenters. The van der Waals surface area contributed by atoms with Gasteiger partial charge in [-0.1, -0.05) is 152 Å². The summed E-state index contributed by atoms with van der Waals surface area (Å²) < 4.78 is 6.61. The topological polar surface area (TPSA) is 49.4 Å². The van der Waals surface area contributed by atoms with Crippen LogP contribution in [0.15, 0.2) is 191 Å². The molecule has 8 rings (SSSR count). The summed E-state index contributed by atoms with van der Waals surface area (Å²) in [6.07, 6.45) is 12.8. The van der Waals surface area contributed by atoms with Crippen LogP contribution < -0.4 is 0 Å². The monoisotopic (exact) mass is 656 g/mol. The number of hydrogen-bond acceptors (Lipinski definition) is 3. The Kier molecular flexibility index (Phi) is 8.76. The smallest absolute Gasteiger partial charge is 0.143 e. The number of rotatable bonds is 9. The molecule has 0 spiro atoms. The molecule has 1 aliphatic carbocycles. The molecule has 1 heterocycles. The fourth-order valence-electron chi connectivity index (χ4n) is 6.90. The van der Waals surface area contributed by atoms with Crippen molar-refractivity contribution in [2.45, 2.75) is 13.0 Å². The molecule has 7 aromatic rings. The quantitative estimate of drug-likeness (QED) is 0.154. The van der Waals surface area contributed by atoms with E-state index in [1.165, 1.54) is 11.8 Å². The van der Waals surface area contributed by atoms with Gasteiger partial charge in [0.1, 0.15) is 11.2 Å². The van der Waals surface area contributed by atoms with Crippen LogP contribution in [0, 0.1) is 5.41 Å². The van der Waals surface area contributed by atoms with Gasteiger partial charge in [-0.2, -0.15) is 0 Å². The Bertz CT molecular complexity index is 2530. The summed E-state index contributed by atoms with van der Waals surface area (Å²) in [4.78, 5) is 4.95. The Labute approximate surface area is 298 Å². The van der Waals surface area contributed by atoms with Gasteiger partial charge in [-0.15, -0.1) is 0 Å². The lowest BCUT2D eigenvalue weighted by Gasteiger charge is -2.12. The predicted octanol–water partition coefficient (Wildman–Crippen LogP) is 12.7. The zero-order valence-electron chi connectivity index (χ0n) is 28.2. The molecule has 1 N–H and O–H groups in total. The molecule has 0 amide bonds. The third-order valence-electron chi connectivity index (χ3n) is 9.53. The molecule has 0 atom stereocenters. The highest BCUT2D eigenvalue weighted by Crippen LogP contribution is 2.41. The maximum Gasteiger partial charge on any atom is 0.143 e. The summed E-state index contributed by atoms with van der Waals surface area (Å²) in [5, 5.41) is 10.5. The Hall–Kier alpha value is -6.58. The average molecular weight is 657 g/mol. The molecule has 0 fully saturated rings. The van der Waals surface area contributed by atoms with Crippen molar-refractivity contribution in [3.63, 3.8) is 0 Å². The number of nitrogens with one attached hydrogen (secondary N) is 1. The molecule has 1 aliphatic rings. The lowest BCUT2D eigenvalue weighted by Crippen LogP contribution is -2.03. The standard InChI is InChI=1S/C48H36N2O/c1-2-33-14-6-5-11-20-41(33)42-21-13-12-19-39(42)32-50-46(31-49)37-24-22-36(23-25-37)43-29-40(35-17-9-4-10-18-35)30-45-44-28-38(34-15-7-3-8-16-34)26-27-47(44)51-48(43)45/h2-4,6-31,49H,1,5,32H2. The van der Waals surface area contributed by atoms with Crippen LogP contribution in [0.5, 0.6) is 0 Å². The van der Waals surface area contributed by atoms with Gasteiger partial charge in [-0.25, -0.2) is 0 Å². The van der Waals surface area contributed by atoms with Crippen LogP contribution >= 0.6 is 0 Å². The Morgan fingerprint density at radius 1 is 0.647 bits per heavy atom. The SMILES string of the molecule is C=CC1=C(c2ccccc2CN=C(C=N)c2ccc(-c3cc(-c4ccccc4)cc4c3oc3ccc(-c5ccccc5)cc34)cc2)C=CCC=C1. The number of fused-ring (bicyclic) bond motifs is 3. The summed E-state index contributed by atoms with van der Waals surface area (Å²) in [6, 6.07) is 48.5. The maximum atomic E-state index is 8.28. The first kappa shape index (κ1) is 31.7. The molecule has 6 aromatic carbocycles. The van der Waals surface area contributed by atoms with E-state index < -0.39 is 0 Å². The lowest BCUT2D eigenvalue weighted by atomic mass is 9.94. The van der Waals surface area contributed by atoms with Crippen LogP contribution in [0.2, 0.25) is 0 Å². The minimum absolute atomic E-state index is 0.456. The largest absolute Gasteiger partial charge is 0.455 e. The van der Waals surface area contributed by atoms with E-state index in [4.69, 9.17) is 14.8 Å². The average Bonchev–Trinajstić information content (AvgIpc) is 3.39. The molecule has 0 aliphatic heterocycles. The molecule has 0 bridgehead atoms. The number of nitrogens with zero attached hydrogens (tertiary/aromatic N) is 1. The highest BCUT2D eigenvalue weighted by Gasteiger charge is 2.17. The van der Waals surface area contributed by atoms with Crippen molar-refractivity contribution in [1.82, 2.24) is 0 Å². The van der Waals surface area contributed by atoms with Gasteiger partial charge in [-0.3, -0.25) is 4.99 Å². The molecule has 3 heteroatoms. The van der Waals surface area contributed by atoms with Crippen LogP contribution in [0.3, 0.4) is 0 Å². The summed E-state index contributed by atoms with van der Waals surface area (Å²) in [5.41, 5.74) is 14.4. The van der Waals surface area contributed by atoms with Crippen molar-refractivity contribution in [1.29, 1.82) is 5.41 Å². The van der Waals surface area contributed by atoms with Gasteiger partial charge in [0.25, 0.3) is 0 Å². The molecule has 51 heavy (non-hydrogen) atoms. The van der Waals surface area contributed by atoms with Crippen LogP contribution in [-0.4, -0.2) is 11.9 Å². The normalized spacial score (nSPS) is 13.1. The maximum absolute atomic E-state index is 8.28. The van der Waals surface area contributed by atoms with Crippen LogP contribution in [0.25, 0.3) is 60.9 Å². The van der Waals surface area contributed by atoms with E-state index in [0.29, 0.717) is 12.3 Å². The molecule has 0 saturated carbocycles. The molecular formula is C48H36N2O. The minimum atomic E-state index is 0.456. The fraction of sp³-hybridized carbons (Fsp3) is 0.0417. The van der Waals surface area contributed by atoms with Crippen molar-refractivity contribution in [3.05, 3.63) is 199 Å². The van der Waals surface area contributed by atoms with Crippen LogP contribution in [-0.2, 0) is 6.54 Å². The lowest BCUT2D eigenvalue weighted by molar-refractivity contribution is 0.670. The summed E-state index contributed by atoms with van der Waals surface area (Å²) in [5.74, 6) is 0. The van der Waals surface area contributed by atoms with E-state index in [9.17, 15) is 0 Å². The van der Waals surface area contributed by atoms with Crippen LogP contribution in [0.4, 0.5) is 0 Å². The molecule has 244 valence electrons. The van der Waals surface area contributed by atoms with Gasteiger partial charge >= 0.3 is 0 Å². The molecule has 3 nitrogen and oxygen atoms in total. The molecular weight excluding hydrogens is 621 g/mol. The second kappa shape index (κ2) is 14.1. The number of aliphatic imine (C=N–C) groups is 1. The number of allylic oxidation sites excluding steroid dienone is 7. The van der Waals surface area contributed by atoms with Gasteiger partial charge in [-0.05, 0) is 80.8 Å². The summed E-state index contributed by atoms with van der Waals surface area (Å²) in [6.45, 7) is 4.50. The van der Waals surface area contributed by atoms with Gasteiger partial charge in [0, 0.05) is 28.1 Å². The second-order valence-electron chi connectivity index (χ2n) is 12.6. The number of furan rings is 1. The van der Waals surface area contributed by atoms with Gasteiger partial charge in [0.05, 0.1) is 12.3 Å². The highest BCUT2D eigenvalue weighted by molar-refractivity contribution is 6.37. The Morgan fingerprint density at radius 2 is 1.31 bits per heavy atom. The van der Waals surface area contributed by atoms with Gasteiger partial charge in [0.2, 0.25) is 0 Å². The van der Waals surface area contributed by atoms with Gasteiger partial charge in [0.15, 0.2) is 0 Å². The third-order valence-corrected chi connectivity index (χ3v) is 9.53. The van der Waals surface area contributed by atoms with Crippen molar-refractivity contribution in [2.24, 2.45) is 4.99 Å². The minimum Gasteiger partial charge on any atom is -0.455 e. The van der Waals surface area contributed by atoms with E-state index in [2.05, 4.69) is 152 Å². The van der Waals surface area contributed by atoms with Crippen molar-refractivity contribution >= 4 is 39.4 Å². The molecule has 1 aromatic heterocycles. The van der Waals surface area contributed by atoms with E-state index in [0.717, 1.165) is 84.0 Å². The number of benzene rings is 6. The summed E-state index contributed by atoms with van der Waals surface area (Å²) in [7, 11) is 0. The van der Waals surface area contributed by atoms with E-state index in [-0.39, 0.29) is 0 Å². The Balaban J connectivity index is 1.18. The molecule has 0 saturated heterocycles. The fourth-order valence-corrected chi connectivity index (χ4v) is 6.90. The van der Waals surface area contributed by atoms with E-state index in [1.54, 1.807) is 0 Å². The first-order chi connectivity index (χ1) is 25.2.